The van der Waals surface area contributed by atoms with Crippen LogP contribution in [0.2, 0.25) is 0 Å². The van der Waals surface area contributed by atoms with Gasteiger partial charge in [-0.25, -0.2) is 15.0 Å². The molecular weight excluding hydrogens is 316 g/mol. The highest BCUT2D eigenvalue weighted by molar-refractivity contribution is 8.00. The van der Waals surface area contributed by atoms with E-state index in [1.807, 2.05) is 6.26 Å². The maximum atomic E-state index is 4.50. The SMILES string of the molecule is CSc1nc2ncnc(NC(C)CN3CCN(C)CC3)c2s1. The van der Waals surface area contributed by atoms with Gasteiger partial charge >= 0.3 is 0 Å². The van der Waals surface area contributed by atoms with Crippen molar-refractivity contribution in [2.75, 3.05) is 51.3 Å². The van der Waals surface area contributed by atoms with Crippen molar-refractivity contribution in [2.24, 2.45) is 0 Å². The molecule has 1 aliphatic rings. The summed E-state index contributed by atoms with van der Waals surface area (Å²) in [4.78, 5) is 18.1. The predicted molar refractivity (Wildman–Crippen MR) is 94.0 cm³/mol. The highest BCUT2D eigenvalue weighted by Gasteiger charge is 2.17. The number of nitrogens with one attached hydrogen (secondary N) is 1. The molecule has 2 aromatic rings. The molecule has 1 atom stereocenters. The molecule has 3 heterocycles. The Morgan fingerprint density at radius 3 is 2.82 bits per heavy atom. The van der Waals surface area contributed by atoms with Gasteiger partial charge in [0.2, 0.25) is 0 Å². The number of anilines is 1. The van der Waals surface area contributed by atoms with Gasteiger partial charge in [-0.05, 0) is 20.2 Å². The van der Waals surface area contributed by atoms with Gasteiger partial charge in [0.15, 0.2) is 9.99 Å². The van der Waals surface area contributed by atoms with E-state index in [0.717, 1.165) is 53.2 Å². The Bertz CT molecular complexity index is 623. The number of hydrogen-bond acceptors (Lipinski definition) is 8. The summed E-state index contributed by atoms with van der Waals surface area (Å²) in [6, 6.07) is 0.348. The van der Waals surface area contributed by atoms with E-state index in [1.165, 1.54) is 0 Å². The first-order chi connectivity index (χ1) is 10.7. The second kappa shape index (κ2) is 7.08. The molecule has 8 heteroatoms. The number of piperazine rings is 1. The first kappa shape index (κ1) is 15.9. The average Bonchev–Trinajstić information content (AvgIpc) is 2.94. The highest BCUT2D eigenvalue weighted by Crippen LogP contribution is 2.31. The second-order valence-corrected chi connectivity index (χ2v) is 7.76. The molecule has 1 saturated heterocycles. The van der Waals surface area contributed by atoms with Gasteiger partial charge < -0.3 is 10.2 Å². The van der Waals surface area contributed by atoms with E-state index in [9.17, 15) is 0 Å². The summed E-state index contributed by atoms with van der Waals surface area (Å²) in [5, 5.41) is 3.54. The normalized spacial score (nSPS) is 18.7. The van der Waals surface area contributed by atoms with E-state index in [-0.39, 0.29) is 0 Å². The van der Waals surface area contributed by atoms with Crippen LogP contribution in [-0.2, 0) is 0 Å². The van der Waals surface area contributed by atoms with Crippen LogP contribution < -0.4 is 5.32 Å². The fourth-order valence-corrected chi connectivity index (χ4v) is 4.09. The lowest BCUT2D eigenvalue weighted by atomic mass is 10.2. The Morgan fingerprint density at radius 2 is 2.09 bits per heavy atom. The smallest absolute Gasteiger partial charge is 0.176 e. The lowest BCUT2D eigenvalue weighted by Crippen LogP contribution is -2.47. The molecule has 0 aromatic carbocycles. The second-order valence-electron chi connectivity index (χ2n) is 5.71. The predicted octanol–water partition coefficient (Wildman–Crippen LogP) is 1.86. The minimum absolute atomic E-state index is 0.348. The first-order valence-electron chi connectivity index (χ1n) is 7.48. The Labute approximate surface area is 139 Å². The van der Waals surface area contributed by atoms with Crippen molar-refractivity contribution in [2.45, 2.75) is 17.3 Å². The number of fused-ring (bicyclic) bond motifs is 1. The topological polar surface area (TPSA) is 57.2 Å². The van der Waals surface area contributed by atoms with E-state index in [1.54, 1.807) is 29.4 Å². The summed E-state index contributed by atoms with van der Waals surface area (Å²) < 4.78 is 2.09. The summed E-state index contributed by atoms with van der Waals surface area (Å²) in [6.07, 6.45) is 3.63. The van der Waals surface area contributed by atoms with Crippen LogP contribution in [0.4, 0.5) is 5.82 Å². The lowest BCUT2D eigenvalue weighted by molar-refractivity contribution is 0.151. The lowest BCUT2D eigenvalue weighted by Gasteiger charge is -2.34. The first-order valence-corrected chi connectivity index (χ1v) is 9.53. The molecule has 1 fully saturated rings. The van der Waals surface area contributed by atoms with Gasteiger partial charge in [-0.15, -0.1) is 11.3 Å². The minimum atomic E-state index is 0.348. The van der Waals surface area contributed by atoms with Gasteiger partial charge in [0, 0.05) is 38.8 Å². The standard InChI is InChI=1S/C14H22N6S2/c1-10(8-20-6-4-19(2)5-7-20)17-12-11-13(16-9-15-12)18-14(21-3)22-11/h9-10H,4-8H2,1-3H3,(H,15,16,17). The maximum absolute atomic E-state index is 4.50. The Balaban J connectivity index is 1.66. The van der Waals surface area contributed by atoms with Crippen molar-refractivity contribution in [3.63, 3.8) is 0 Å². The molecule has 0 radical (unpaired) electrons. The van der Waals surface area contributed by atoms with Crippen LogP contribution in [-0.4, -0.2) is 76.8 Å². The van der Waals surface area contributed by atoms with Crippen molar-refractivity contribution in [1.82, 2.24) is 24.8 Å². The number of likely N-dealkylation sites (N-methyl/N-ethyl adjacent to an activating group) is 1. The number of rotatable bonds is 5. The number of hydrogen-bond donors (Lipinski definition) is 1. The van der Waals surface area contributed by atoms with E-state index in [0.29, 0.717) is 6.04 Å². The monoisotopic (exact) mass is 338 g/mol. The largest absolute Gasteiger partial charge is 0.365 e. The van der Waals surface area contributed by atoms with E-state index >= 15 is 0 Å². The minimum Gasteiger partial charge on any atom is -0.365 e. The molecule has 22 heavy (non-hydrogen) atoms. The van der Waals surface area contributed by atoms with Gasteiger partial charge in [0.25, 0.3) is 0 Å². The number of thioether (sulfide) groups is 1. The van der Waals surface area contributed by atoms with Crippen LogP contribution in [0.1, 0.15) is 6.92 Å². The van der Waals surface area contributed by atoms with Crippen LogP contribution in [0, 0.1) is 0 Å². The van der Waals surface area contributed by atoms with Crippen molar-refractivity contribution < 1.29 is 0 Å². The van der Waals surface area contributed by atoms with Crippen LogP contribution in [0.15, 0.2) is 10.7 Å². The number of aromatic nitrogens is 3. The Kier molecular flexibility index (Phi) is 5.12. The summed E-state index contributed by atoms with van der Waals surface area (Å²) in [6.45, 7) is 7.82. The zero-order chi connectivity index (χ0) is 15.5. The van der Waals surface area contributed by atoms with Crippen molar-refractivity contribution >= 4 is 39.3 Å². The van der Waals surface area contributed by atoms with Crippen LogP contribution >= 0.6 is 23.1 Å². The number of thiazole rings is 1. The summed E-state index contributed by atoms with van der Waals surface area (Å²) >= 11 is 3.31. The van der Waals surface area contributed by atoms with E-state index < -0.39 is 0 Å². The van der Waals surface area contributed by atoms with Crippen molar-refractivity contribution in [1.29, 1.82) is 0 Å². The molecule has 0 bridgehead atoms. The molecular formula is C14H22N6S2. The molecule has 2 aromatic heterocycles. The van der Waals surface area contributed by atoms with Crippen LogP contribution in [0.5, 0.6) is 0 Å². The fraction of sp³-hybridized carbons (Fsp3) is 0.643. The van der Waals surface area contributed by atoms with Crippen LogP contribution in [0.25, 0.3) is 10.3 Å². The maximum Gasteiger partial charge on any atom is 0.176 e. The Morgan fingerprint density at radius 1 is 1.32 bits per heavy atom. The molecule has 0 amide bonds. The molecule has 120 valence electrons. The number of nitrogens with zero attached hydrogens (tertiary/aromatic N) is 5. The van der Waals surface area contributed by atoms with Gasteiger partial charge in [-0.3, -0.25) is 4.90 Å². The van der Waals surface area contributed by atoms with Gasteiger partial charge in [-0.1, -0.05) is 11.8 Å². The van der Waals surface area contributed by atoms with E-state index in [2.05, 4.69) is 44.0 Å². The van der Waals surface area contributed by atoms with E-state index in [4.69, 9.17) is 0 Å². The van der Waals surface area contributed by atoms with Gasteiger partial charge in [0.05, 0.1) is 0 Å². The zero-order valence-electron chi connectivity index (χ0n) is 13.2. The Hall–Kier alpha value is -0.960. The third kappa shape index (κ3) is 3.68. The molecule has 0 aliphatic carbocycles. The average molecular weight is 339 g/mol. The zero-order valence-corrected chi connectivity index (χ0v) is 14.9. The summed E-state index contributed by atoms with van der Waals surface area (Å²) in [5.41, 5.74) is 0.790. The van der Waals surface area contributed by atoms with Crippen molar-refractivity contribution in [3.8, 4) is 0 Å². The van der Waals surface area contributed by atoms with Crippen LogP contribution in [0.3, 0.4) is 0 Å². The fourth-order valence-electron chi connectivity index (χ4n) is 2.62. The summed E-state index contributed by atoms with van der Waals surface area (Å²) in [5.74, 6) is 0.907. The van der Waals surface area contributed by atoms with Gasteiger partial charge in [0.1, 0.15) is 16.8 Å². The molecule has 6 nitrogen and oxygen atoms in total. The highest BCUT2D eigenvalue weighted by atomic mass is 32.2. The van der Waals surface area contributed by atoms with Crippen molar-refractivity contribution in [3.05, 3.63) is 6.33 Å². The quantitative estimate of drug-likeness (QED) is 0.835. The molecule has 0 spiro atoms. The summed E-state index contributed by atoms with van der Waals surface area (Å²) in [7, 11) is 2.18. The molecule has 1 unspecified atom stereocenters. The van der Waals surface area contributed by atoms with Gasteiger partial charge in [-0.2, -0.15) is 0 Å². The third-order valence-electron chi connectivity index (χ3n) is 3.86. The molecule has 1 N–H and O–H groups in total. The molecule has 0 saturated carbocycles. The molecule has 1 aliphatic heterocycles. The molecule has 3 rings (SSSR count). The third-order valence-corrected chi connectivity index (χ3v) is 5.89.